The topological polar surface area (TPSA) is 108 Å². The van der Waals surface area contributed by atoms with Crippen LogP contribution in [-0.2, 0) is 4.79 Å². The van der Waals surface area contributed by atoms with Crippen molar-refractivity contribution in [1.82, 2.24) is 15.0 Å². The van der Waals surface area contributed by atoms with E-state index in [9.17, 15) is 14.4 Å². The number of amides is 1. The molecule has 0 bridgehead atoms. The Morgan fingerprint density at radius 2 is 1.86 bits per heavy atom. The summed E-state index contributed by atoms with van der Waals surface area (Å²) in [5.41, 5.74) is 2.18. The highest BCUT2D eigenvalue weighted by Crippen LogP contribution is 2.24. The molecule has 3 N–H and O–H groups in total. The maximum absolute atomic E-state index is 12.4. The van der Waals surface area contributed by atoms with Gasteiger partial charge in [-0.25, -0.2) is 4.98 Å². The van der Waals surface area contributed by atoms with E-state index in [4.69, 9.17) is 0 Å². The number of hydrogen-bond donors (Lipinski definition) is 3. The minimum atomic E-state index is -0.500. The Morgan fingerprint density at radius 3 is 2.54 bits per heavy atom. The predicted octanol–water partition coefficient (Wildman–Crippen LogP) is 3.97. The van der Waals surface area contributed by atoms with Gasteiger partial charge in [0.1, 0.15) is 11.3 Å². The van der Waals surface area contributed by atoms with E-state index in [1.807, 2.05) is 20.8 Å². The molecule has 3 aromatic rings. The number of pyridine rings is 1. The summed E-state index contributed by atoms with van der Waals surface area (Å²) in [5.74, 6) is -0.402. The molecule has 0 spiro atoms. The van der Waals surface area contributed by atoms with Gasteiger partial charge in [0.25, 0.3) is 5.91 Å². The maximum Gasteiger partial charge on any atom is 0.272 e. The highest BCUT2D eigenvalue weighted by molar-refractivity contribution is 6.05. The van der Waals surface area contributed by atoms with Gasteiger partial charge in [0, 0.05) is 17.0 Å². The number of anilines is 1. The minimum Gasteiger partial charge on any atom is -0.357 e. The van der Waals surface area contributed by atoms with Gasteiger partial charge in [0.15, 0.2) is 11.6 Å². The van der Waals surface area contributed by atoms with Gasteiger partial charge >= 0.3 is 0 Å². The second-order valence-electron chi connectivity index (χ2n) is 7.67. The average Bonchev–Trinajstić information content (AvgIpc) is 3.24. The van der Waals surface area contributed by atoms with Crippen LogP contribution in [0.25, 0.3) is 17.1 Å². The van der Waals surface area contributed by atoms with Gasteiger partial charge in [-0.3, -0.25) is 14.4 Å². The number of ketones is 2. The number of aromatic nitrogens is 3. The Labute approximate surface area is 162 Å². The number of Topliss-reactive ketones (excluding diaryl/α,β-unsaturated/α-hetero) is 1. The van der Waals surface area contributed by atoms with E-state index in [-0.39, 0.29) is 17.5 Å². The van der Waals surface area contributed by atoms with E-state index < -0.39 is 5.41 Å². The van der Waals surface area contributed by atoms with Gasteiger partial charge in [0.05, 0.1) is 17.6 Å². The molecule has 0 aromatic carbocycles. The lowest BCUT2D eigenvalue weighted by Gasteiger charge is -2.14. The van der Waals surface area contributed by atoms with Crippen molar-refractivity contribution in [3.05, 3.63) is 53.6 Å². The quantitative estimate of drug-likeness (QED) is 0.461. The number of allylic oxidation sites excluding steroid dienone is 1. The molecule has 0 aliphatic carbocycles. The van der Waals surface area contributed by atoms with Crippen molar-refractivity contribution in [3.8, 4) is 0 Å². The summed E-state index contributed by atoms with van der Waals surface area (Å²) in [6.07, 6.45) is 6.25. The number of aromatic amines is 2. The predicted molar refractivity (Wildman–Crippen MR) is 108 cm³/mol. The second-order valence-corrected chi connectivity index (χ2v) is 7.67. The first-order chi connectivity index (χ1) is 13.1. The number of nitrogens with zero attached hydrogens (tertiary/aromatic N) is 1. The normalized spacial score (nSPS) is 11.9. The number of H-pyrrole nitrogens is 2. The van der Waals surface area contributed by atoms with Crippen LogP contribution < -0.4 is 5.32 Å². The molecule has 0 saturated carbocycles. The number of hydrogen-bond acceptors (Lipinski definition) is 4. The van der Waals surface area contributed by atoms with Crippen LogP contribution in [0.15, 0.2) is 36.7 Å². The molecule has 0 fully saturated rings. The Balaban J connectivity index is 1.78. The second kappa shape index (κ2) is 7.26. The molecule has 7 nitrogen and oxygen atoms in total. The van der Waals surface area contributed by atoms with Crippen molar-refractivity contribution in [2.75, 3.05) is 5.32 Å². The molecule has 1 amide bonds. The average molecular weight is 378 g/mol. The Kier molecular flexibility index (Phi) is 5.00. The molecular weight excluding hydrogens is 356 g/mol. The van der Waals surface area contributed by atoms with Crippen molar-refractivity contribution in [3.63, 3.8) is 0 Å². The van der Waals surface area contributed by atoms with Crippen LogP contribution in [0, 0.1) is 5.41 Å². The minimum absolute atomic E-state index is 0.00591. The Morgan fingerprint density at radius 1 is 1.11 bits per heavy atom. The van der Waals surface area contributed by atoms with Gasteiger partial charge in [-0.1, -0.05) is 20.8 Å². The fourth-order valence-electron chi connectivity index (χ4n) is 2.66. The molecule has 0 saturated heterocycles. The van der Waals surface area contributed by atoms with Gasteiger partial charge < -0.3 is 15.3 Å². The lowest BCUT2D eigenvalue weighted by atomic mass is 9.89. The van der Waals surface area contributed by atoms with Gasteiger partial charge in [-0.05, 0) is 42.8 Å². The molecule has 3 rings (SSSR count). The molecule has 0 aliphatic rings. The van der Waals surface area contributed by atoms with Crippen molar-refractivity contribution in [1.29, 1.82) is 0 Å². The van der Waals surface area contributed by atoms with Crippen LogP contribution >= 0.6 is 0 Å². The molecule has 28 heavy (non-hydrogen) atoms. The summed E-state index contributed by atoms with van der Waals surface area (Å²) in [6.45, 7) is 7.03. The maximum atomic E-state index is 12.4. The fraction of sp³-hybridized carbons (Fsp3) is 0.238. The molecule has 3 heterocycles. The third-order valence-electron chi connectivity index (χ3n) is 4.11. The van der Waals surface area contributed by atoms with E-state index in [0.29, 0.717) is 22.7 Å². The van der Waals surface area contributed by atoms with Crippen molar-refractivity contribution >= 4 is 40.3 Å². The van der Waals surface area contributed by atoms with Crippen molar-refractivity contribution in [2.45, 2.75) is 27.7 Å². The Hall–Kier alpha value is -3.48. The molecule has 0 aliphatic heterocycles. The zero-order chi connectivity index (χ0) is 20.5. The van der Waals surface area contributed by atoms with E-state index in [1.165, 1.54) is 19.2 Å². The van der Waals surface area contributed by atoms with Crippen LogP contribution in [0.3, 0.4) is 0 Å². The first-order valence-electron chi connectivity index (χ1n) is 8.85. The molecule has 0 radical (unpaired) electrons. The molecular formula is C21H22N4O3. The first kappa shape index (κ1) is 19.3. The number of carbonyl (C=O) groups excluding carboxylic acids is 3. The van der Waals surface area contributed by atoms with E-state index in [1.54, 1.807) is 30.5 Å². The first-order valence-corrected chi connectivity index (χ1v) is 8.85. The fourth-order valence-corrected chi connectivity index (χ4v) is 2.66. The largest absolute Gasteiger partial charge is 0.357 e. The third-order valence-corrected chi connectivity index (χ3v) is 4.11. The van der Waals surface area contributed by atoms with Crippen LogP contribution in [-0.4, -0.2) is 32.4 Å². The van der Waals surface area contributed by atoms with Crippen molar-refractivity contribution < 1.29 is 14.4 Å². The monoisotopic (exact) mass is 378 g/mol. The summed E-state index contributed by atoms with van der Waals surface area (Å²) < 4.78 is 0. The number of fused-ring (bicyclic) bond motifs is 1. The molecule has 144 valence electrons. The third kappa shape index (κ3) is 4.25. The zero-order valence-electron chi connectivity index (χ0n) is 16.2. The number of carbonyl (C=O) groups is 3. The molecule has 7 heteroatoms. The molecule has 3 aromatic heterocycles. The van der Waals surface area contributed by atoms with Crippen molar-refractivity contribution in [2.24, 2.45) is 5.41 Å². The zero-order valence-corrected chi connectivity index (χ0v) is 16.2. The van der Waals surface area contributed by atoms with Gasteiger partial charge in [0.2, 0.25) is 0 Å². The summed E-state index contributed by atoms with van der Waals surface area (Å²) in [6, 6.07) is 5.15. The van der Waals surface area contributed by atoms with Gasteiger partial charge in [-0.2, -0.15) is 0 Å². The SMILES string of the molecule is CC(=O)/C=C/c1c[nH]c(C(=O)Nc2cnc3[nH]c(C(=O)C(C)(C)C)cc3c2)c1. The lowest BCUT2D eigenvalue weighted by molar-refractivity contribution is -0.112. The highest BCUT2D eigenvalue weighted by atomic mass is 16.2. The molecule has 0 atom stereocenters. The van der Waals surface area contributed by atoms with Crippen LogP contribution in [0.5, 0.6) is 0 Å². The van der Waals surface area contributed by atoms with Crippen LogP contribution in [0.1, 0.15) is 54.2 Å². The van der Waals surface area contributed by atoms with E-state index in [2.05, 4.69) is 20.3 Å². The van der Waals surface area contributed by atoms with Crippen LogP contribution in [0.2, 0.25) is 0 Å². The summed E-state index contributed by atoms with van der Waals surface area (Å²) >= 11 is 0. The Bertz CT molecular complexity index is 1100. The summed E-state index contributed by atoms with van der Waals surface area (Å²) in [7, 11) is 0. The summed E-state index contributed by atoms with van der Waals surface area (Å²) in [5, 5.41) is 3.51. The standard InChI is InChI=1S/C21H22N4O3/c1-12(26)5-6-13-7-17(22-10-13)20(28)24-15-8-14-9-16(18(27)21(2,3)4)25-19(14)23-11-15/h5-11,22H,1-4H3,(H,23,25)(H,24,28)/b6-5+. The lowest BCUT2D eigenvalue weighted by Crippen LogP contribution is -2.20. The van der Waals surface area contributed by atoms with E-state index in [0.717, 1.165) is 10.9 Å². The summed E-state index contributed by atoms with van der Waals surface area (Å²) in [4.78, 5) is 46.0. The smallest absolute Gasteiger partial charge is 0.272 e. The highest BCUT2D eigenvalue weighted by Gasteiger charge is 2.24. The van der Waals surface area contributed by atoms with Gasteiger partial charge in [-0.15, -0.1) is 0 Å². The number of nitrogens with one attached hydrogen (secondary N) is 3. The molecule has 0 unspecified atom stereocenters. The van der Waals surface area contributed by atoms with Crippen LogP contribution in [0.4, 0.5) is 5.69 Å². The van der Waals surface area contributed by atoms with E-state index >= 15 is 0 Å². The number of rotatable bonds is 5.